The van der Waals surface area contributed by atoms with Gasteiger partial charge < -0.3 is 14.6 Å². The van der Waals surface area contributed by atoms with Crippen LogP contribution in [0.2, 0.25) is 0 Å². The largest absolute Gasteiger partial charge is 0.389 e. The van der Waals surface area contributed by atoms with Crippen molar-refractivity contribution in [1.82, 2.24) is 0 Å². The predicted molar refractivity (Wildman–Crippen MR) is 96.3 cm³/mol. The number of allylic oxidation sites excluding steroid dienone is 4. The van der Waals surface area contributed by atoms with E-state index >= 15 is 0 Å². The predicted octanol–water partition coefficient (Wildman–Crippen LogP) is 4.92. The highest BCUT2D eigenvalue weighted by molar-refractivity contribution is 5.04. The molecule has 1 aliphatic rings. The number of aliphatic hydroxyl groups excluding tert-OH is 1. The Balaban J connectivity index is 2.14. The van der Waals surface area contributed by atoms with Crippen molar-refractivity contribution in [3.63, 3.8) is 0 Å². The van der Waals surface area contributed by atoms with Crippen LogP contribution in [0.5, 0.6) is 0 Å². The summed E-state index contributed by atoms with van der Waals surface area (Å²) in [5, 5.41) is 9.67. The van der Waals surface area contributed by atoms with Crippen molar-refractivity contribution >= 4 is 0 Å². The zero-order valence-corrected chi connectivity index (χ0v) is 15.1. The second-order valence-corrected chi connectivity index (χ2v) is 6.40. The topological polar surface area (TPSA) is 38.7 Å². The first-order valence-electron chi connectivity index (χ1n) is 8.97. The first-order valence-corrected chi connectivity index (χ1v) is 8.97. The molecule has 1 N–H and O–H groups in total. The van der Waals surface area contributed by atoms with Crippen LogP contribution >= 0.6 is 0 Å². The van der Waals surface area contributed by atoms with E-state index in [-0.39, 0.29) is 12.4 Å². The smallest absolute Gasteiger partial charge is 0.157 e. The Kier molecular flexibility index (Phi) is 11.0. The number of aliphatic hydroxyl groups is 1. The molecule has 0 aliphatic carbocycles. The van der Waals surface area contributed by atoms with E-state index in [2.05, 4.69) is 26.0 Å². The van der Waals surface area contributed by atoms with Gasteiger partial charge in [0.25, 0.3) is 0 Å². The lowest BCUT2D eigenvalue weighted by Gasteiger charge is -2.22. The molecule has 0 aromatic rings. The first-order chi connectivity index (χ1) is 11.1. The van der Waals surface area contributed by atoms with Crippen LogP contribution in [0.15, 0.2) is 35.5 Å². The van der Waals surface area contributed by atoms with Crippen LogP contribution in [0.1, 0.15) is 65.7 Å². The van der Waals surface area contributed by atoms with Crippen LogP contribution in [-0.2, 0) is 9.47 Å². The Morgan fingerprint density at radius 1 is 1.22 bits per heavy atom. The van der Waals surface area contributed by atoms with E-state index in [1.54, 1.807) is 0 Å². The molecule has 23 heavy (non-hydrogen) atoms. The van der Waals surface area contributed by atoms with Crippen molar-refractivity contribution in [2.75, 3.05) is 13.2 Å². The molecule has 0 saturated carbocycles. The van der Waals surface area contributed by atoms with E-state index in [0.29, 0.717) is 6.61 Å². The van der Waals surface area contributed by atoms with Gasteiger partial charge in [-0.2, -0.15) is 0 Å². The zero-order valence-electron chi connectivity index (χ0n) is 15.1. The van der Waals surface area contributed by atoms with Crippen molar-refractivity contribution in [3.05, 3.63) is 35.5 Å². The lowest BCUT2D eigenvalue weighted by Crippen LogP contribution is -2.22. The molecule has 0 radical (unpaired) electrons. The standard InChI is InChI=1S/C20H34O3/c1-4-8-19(21)13-12-17(2)9-7-10-18(3)14-16-23-20-11-5-6-15-22-20/h4,8-9,14,19-21H,5-7,10-13,15-16H2,1-3H3/b8-4+,17-9+,18-14+. The van der Waals surface area contributed by atoms with Gasteiger partial charge in [-0.05, 0) is 65.7 Å². The number of hydrogen-bond acceptors (Lipinski definition) is 3. The Morgan fingerprint density at radius 3 is 2.70 bits per heavy atom. The van der Waals surface area contributed by atoms with Gasteiger partial charge in [0, 0.05) is 6.61 Å². The molecule has 2 unspecified atom stereocenters. The Labute approximate surface area is 142 Å². The van der Waals surface area contributed by atoms with Crippen LogP contribution in [0.25, 0.3) is 0 Å². The molecule has 0 bridgehead atoms. The molecule has 0 aromatic carbocycles. The lowest BCUT2D eigenvalue weighted by atomic mass is 10.0. The quantitative estimate of drug-likeness (QED) is 0.580. The zero-order chi connectivity index (χ0) is 16.9. The molecular weight excluding hydrogens is 288 g/mol. The van der Waals surface area contributed by atoms with E-state index in [9.17, 15) is 5.11 Å². The second-order valence-electron chi connectivity index (χ2n) is 6.40. The van der Waals surface area contributed by atoms with Crippen LogP contribution in [0.3, 0.4) is 0 Å². The molecule has 132 valence electrons. The molecule has 1 saturated heterocycles. The average Bonchev–Trinajstić information content (AvgIpc) is 2.54. The van der Waals surface area contributed by atoms with Crippen LogP contribution in [-0.4, -0.2) is 30.7 Å². The molecule has 2 atom stereocenters. The summed E-state index contributed by atoms with van der Waals surface area (Å²) in [5.41, 5.74) is 2.71. The van der Waals surface area contributed by atoms with Crippen molar-refractivity contribution < 1.29 is 14.6 Å². The third-order valence-corrected chi connectivity index (χ3v) is 4.13. The maximum Gasteiger partial charge on any atom is 0.157 e. The molecule has 1 rings (SSSR count). The van der Waals surface area contributed by atoms with Gasteiger partial charge >= 0.3 is 0 Å². The second kappa shape index (κ2) is 12.5. The number of rotatable bonds is 10. The van der Waals surface area contributed by atoms with E-state index in [1.807, 2.05) is 19.1 Å². The summed E-state index contributed by atoms with van der Waals surface area (Å²) < 4.78 is 11.3. The molecule has 0 amide bonds. The van der Waals surface area contributed by atoms with Gasteiger partial charge in [-0.15, -0.1) is 0 Å². The highest BCUT2D eigenvalue weighted by Gasteiger charge is 2.12. The van der Waals surface area contributed by atoms with E-state index < -0.39 is 0 Å². The minimum Gasteiger partial charge on any atom is -0.389 e. The number of hydrogen-bond donors (Lipinski definition) is 1. The maximum atomic E-state index is 9.67. The molecular formula is C20H34O3. The Morgan fingerprint density at radius 2 is 2.00 bits per heavy atom. The first kappa shape index (κ1) is 20.1. The summed E-state index contributed by atoms with van der Waals surface area (Å²) in [6.07, 6.45) is 15.1. The normalized spacial score (nSPS) is 21.8. The molecule has 3 heteroatoms. The third kappa shape index (κ3) is 10.5. The molecule has 0 aromatic heterocycles. The van der Waals surface area contributed by atoms with E-state index in [0.717, 1.165) is 45.1 Å². The van der Waals surface area contributed by atoms with Crippen molar-refractivity contribution in [1.29, 1.82) is 0 Å². The third-order valence-electron chi connectivity index (χ3n) is 4.13. The Hall–Kier alpha value is -0.900. The van der Waals surface area contributed by atoms with Gasteiger partial charge in [-0.3, -0.25) is 0 Å². The summed E-state index contributed by atoms with van der Waals surface area (Å²) in [6, 6.07) is 0. The van der Waals surface area contributed by atoms with Gasteiger partial charge in [0.05, 0.1) is 12.7 Å². The molecule has 1 aliphatic heterocycles. The van der Waals surface area contributed by atoms with Crippen LogP contribution in [0, 0.1) is 0 Å². The fourth-order valence-electron chi connectivity index (χ4n) is 2.58. The summed E-state index contributed by atoms with van der Waals surface area (Å²) in [7, 11) is 0. The molecule has 1 heterocycles. The minimum absolute atomic E-state index is 0.00135. The highest BCUT2D eigenvalue weighted by Crippen LogP contribution is 2.15. The molecule has 0 spiro atoms. The number of ether oxygens (including phenoxy) is 2. The van der Waals surface area contributed by atoms with Gasteiger partial charge in [0.2, 0.25) is 0 Å². The lowest BCUT2D eigenvalue weighted by molar-refractivity contribution is -0.155. The van der Waals surface area contributed by atoms with Crippen LogP contribution < -0.4 is 0 Å². The van der Waals surface area contributed by atoms with Crippen molar-refractivity contribution in [2.24, 2.45) is 0 Å². The average molecular weight is 322 g/mol. The minimum atomic E-state index is -0.316. The Bertz CT molecular complexity index is 390. The van der Waals surface area contributed by atoms with Crippen molar-refractivity contribution in [2.45, 2.75) is 78.1 Å². The van der Waals surface area contributed by atoms with Crippen LogP contribution in [0.4, 0.5) is 0 Å². The highest BCUT2D eigenvalue weighted by atomic mass is 16.7. The van der Waals surface area contributed by atoms with Gasteiger partial charge in [-0.25, -0.2) is 0 Å². The van der Waals surface area contributed by atoms with Crippen molar-refractivity contribution in [3.8, 4) is 0 Å². The summed E-state index contributed by atoms with van der Waals surface area (Å²) in [4.78, 5) is 0. The van der Waals surface area contributed by atoms with E-state index in [4.69, 9.17) is 9.47 Å². The fraction of sp³-hybridized carbons (Fsp3) is 0.700. The fourth-order valence-corrected chi connectivity index (χ4v) is 2.58. The monoisotopic (exact) mass is 322 g/mol. The van der Waals surface area contributed by atoms with Gasteiger partial charge in [-0.1, -0.05) is 35.5 Å². The van der Waals surface area contributed by atoms with Gasteiger partial charge in [0.1, 0.15) is 0 Å². The summed E-state index contributed by atoms with van der Waals surface area (Å²) in [6.45, 7) is 7.72. The SMILES string of the molecule is C/C=C/C(O)CC/C(C)=C/CC/C(C)=C/COC1CCCCO1. The van der Waals surface area contributed by atoms with E-state index in [1.165, 1.54) is 17.6 Å². The molecule has 1 fully saturated rings. The summed E-state index contributed by atoms with van der Waals surface area (Å²) >= 11 is 0. The summed E-state index contributed by atoms with van der Waals surface area (Å²) in [5.74, 6) is 0. The van der Waals surface area contributed by atoms with Gasteiger partial charge in [0.15, 0.2) is 6.29 Å². The molecule has 3 nitrogen and oxygen atoms in total. The maximum absolute atomic E-state index is 9.67.